The summed E-state index contributed by atoms with van der Waals surface area (Å²) in [5, 5.41) is 5.66. The standard InChI is InChI=1S/C12H18N2O3S/c1-3-13-9-12(15)14-8-10-4-6-11(7-5-10)18(2,16)17/h4-7,13H,3,8-9H2,1-2H3,(H,14,15). The van der Waals surface area contributed by atoms with Crippen LogP contribution >= 0.6 is 0 Å². The van der Waals surface area contributed by atoms with Crippen molar-refractivity contribution in [1.82, 2.24) is 10.6 Å². The predicted octanol–water partition coefficient (Wildman–Crippen LogP) is 0.316. The summed E-state index contributed by atoms with van der Waals surface area (Å²) in [7, 11) is -3.16. The van der Waals surface area contributed by atoms with E-state index in [1.54, 1.807) is 24.3 Å². The van der Waals surface area contributed by atoms with Crippen LogP contribution in [0, 0.1) is 0 Å². The molecule has 0 aliphatic heterocycles. The number of carbonyl (C=O) groups excluding carboxylic acids is 1. The van der Waals surface area contributed by atoms with Gasteiger partial charge in [0.25, 0.3) is 0 Å². The van der Waals surface area contributed by atoms with Crippen molar-refractivity contribution >= 4 is 15.7 Å². The van der Waals surface area contributed by atoms with Crippen LogP contribution < -0.4 is 10.6 Å². The first-order valence-corrected chi connectivity index (χ1v) is 7.59. The summed E-state index contributed by atoms with van der Waals surface area (Å²) in [6.07, 6.45) is 1.17. The number of benzene rings is 1. The monoisotopic (exact) mass is 270 g/mol. The van der Waals surface area contributed by atoms with Crippen molar-refractivity contribution < 1.29 is 13.2 Å². The number of nitrogens with one attached hydrogen (secondary N) is 2. The number of hydrogen-bond donors (Lipinski definition) is 2. The molecule has 0 saturated heterocycles. The minimum atomic E-state index is -3.16. The van der Waals surface area contributed by atoms with Gasteiger partial charge in [-0.15, -0.1) is 0 Å². The average molecular weight is 270 g/mol. The maximum absolute atomic E-state index is 11.3. The Morgan fingerprint density at radius 2 is 1.83 bits per heavy atom. The van der Waals surface area contributed by atoms with E-state index in [1.807, 2.05) is 6.92 Å². The summed E-state index contributed by atoms with van der Waals surface area (Å²) in [6, 6.07) is 6.48. The van der Waals surface area contributed by atoms with Crippen LogP contribution in [0.4, 0.5) is 0 Å². The van der Waals surface area contributed by atoms with Crippen LogP contribution in [0.25, 0.3) is 0 Å². The lowest BCUT2D eigenvalue weighted by Crippen LogP contribution is -2.33. The molecule has 0 heterocycles. The topological polar surface area (TPSA) is 75.3 Å². The molecule has 0 radical (unpaired) electrons. The van der Waals surface area contributed by atoms with Crippen LogP contribution in [0.2, 0.25) is 0 Å². The Labute approximate surface area is 108 Å². The highest BCUT2D eigenvalue weighted by molar-refractivity contribution is 7.90. The SMILES string of the molecule is CCNCC(=O)NCc1ccc(S(C)(=O)=O)cc1. The zero-order valence-electron chi connectivity index (χ0n) is 10.6. The van der Waals surface area contributed by atoms with Gasteiger partial charge in [0.2, 0.25) is 5.91 Å². The molecule has 5 nitrogen and oxygen atoms in total. The highest BCUT2D eigenvalue weighted by Crippen LogP contribution is 2.09. The molecule has 1 amide bonds. The summed E-state index contributed by atoms with van der Waals surface area (Å²) in [6.45, 7) is 3.36. The van der Waals surface area contributed by atoms with E-state index in [9.17, 15) is 13.2 Å². The van der Waals surface area contributed by atoms with Crippen LogP contribution in [0.15, 0.2) is 29.2 Å². The quantitative estimate of drug-likeness (QED) is 0.780. The van der Waals surface area contributed by atoms with Gasteiger partial charge in [0.15, 0.2) is 9.84 Å². The number of amides is 1. The molecule has 1 aromatic carbocycles. The molecular formula is C12H18N2O3S. The molecule has 2 N–H and O–H groups in total. The number of rotatable bonds is 6. The van der Waals surface area contributed by atoms with Gasteiger partial charge in [0.1, 0.15) is 0 Å². The van der Waals surface area contributed by atoms with E-state index in [2.05, 4.69) is 10.6 Å². The van der Waals surface area contributed by atoms with Gasteiger partial charge in [0, 0.05) is 12.8 Å². The van der Waals surface area contributed by atoms with E-state index in [1.165, 1.54) is 6.26 Å². The molecule has 0 bridgehead atoms. The molecule has 1 aromatic rings. The Balaban J connectivity index is 2.52. The second kappa shape index (κ2) is 6.51. The van der Waals surface area contributed by atoms with E-state index in [-0.39, 0.29) is 17.3 Å². The second-order valence-corrected chi connectivity index (χ2v) is 5.99. The largest absolute Gasteiger partial charge is 0.351 e. The molecule has 0 saturated carbocycles. The van der Waals surface area contributed by atoms with E-state index in [4.69, 9.17) is 0 Å². The minimum absolute atomic E-state index is 0.0796. The maximum atomic E-state index is 11.3. The summed E-state index contributed by atoms with van der Waals surface area (Å²) >= 11 is 0. The molecule has 100 valence electrons. The Morgan fingerprint density at radius 1 is 1.22 bits per heavy atom. The zero-order valence-corrected chi connectivity index (χ0v) is 11.4. The normalized spacial score (nSPS) is 11.2. The molecule has 1 rings (SSSR count). The number of likely N-dealkylation sites (N-methyl/N-ethyl adjacent to an activating group) is 1. The summed E-state index contributed by atoms with van der Waals surface area (Å²) < 4.78 is 22.5. The van der Waals surface area contributed by atoms with E-state index >= 15 is 0 Å². The molecule has 0 aliphatic rings. The molecular weight excluding hydrogens is 252 g/mol. The number of sulfone groups is 1. The molecule has 18 heavy (non-hydrogen) atoms. The Hall–Kier alpha value is -1.40. The van der Waals surface area contributed by atoms with Crippen LogP contribution in [-0.2, 0) is 21.2 Å². The fourth-order valence-electron chi connectivity index (χ4n) is 1.36. The Kier molecular flexibility index (Phi) is 5.30. The highest BCUT2D eigenvalue weighted by Gasteiger charge is 2.06. The van der Waals surface area contributed by atoms with Gasteiger partial charge in [-0.05, 0) is 24.2 Å². The lowest BCUT2D eigenvalue weighted by molar-refractivity contribution is -0.120. The van der Waals surface area contributed by atoms with Gasteiger partial charge in [-0.2, -0.15) is 0 Å². The molecule has 0 unspecified atom stereocenters. The van der Waals surface area contributed by atoms with Crippen molar-refractivity contribution in [2.24, 2.45) is 0 Å². The molecule has 0 aromatic heterocycles. The Bertz CT molecular complexity index is 495. The van der Waals surface area contributed by atoms with E-state index in [0.29, 0.717) is 6.54 Å². The first-order chi connectivity index (χ1) is 8.43. The summed E-state index contributed by atoms with van der Waals surface area (Å²) in [4.78, 5) is 11.6. The minimum Gasteiger partial charge on any atom is -0.351 e. The molecule has 0 fully saturated rings. The molecule has 0 aliphatic carbocycles. The predicted molar refractivity (Wildman–Crippen MR) is 69.9 cm³/mol. The van der Waals surface area contributed by atoms with E-state index in [0.717, 1.165) is 12.1 Å². The first-order valence-electron chi connectivity index (χ1n) is 5.70. The highest BCUT2D eigenvalue weighted by atomic mass is 32.2. The fraction of sp³-hybridized carbons (Fsp3) is 0.417. The molecule has 0 spiro atoms. The molecule has 6 heteroatoms. The lowest BCUT2D eigenvalue weighted by atomic mass is 10.2. The third kappa shape index (κ3) is 4.85. The van der Waals surface area contributed by atoms with E-state index < -0.39 is 9.84 Å². The fourth-order valence-corrected chi connectivity index (χ4v) is 1.99. The number of hydrogen-bond acceptors (Lipinski definition) is 4. The first kappa shape index (κ1) is 14.7. The van der Waals surface area contributed by atoms with Crippen molar-refractivity contribution in [3.63, 3.8) is 0 Å². The molecule has 0 atom stereocenters. The van der Waals surface area contributed by atoms with Crippen LogP contribution in [0.3, 0.4) is 0 Å². The van der Waals surface area contributed by atoms with Gasteiger partial charge in [-0.1, -0.05) is 19.1 Å². The van der Waals surface area contributed by atoms with Gasteiger partial charge >= 0.3 is 0 Å². The van der Waals surface area contributed by atoms with Crippen molar-refractivity contribution in [2.75, 3.05) is 19.3 Å². The Morgan fingerprint density at radius 3 is 2.33 bits per heavy atom. The van der Waals surface area contributed by atoms with Crippen LogP contribution in [0.1, 0.15) is 12.5 Å². The second-order valence-electron chi connectivity index (χ2n) is 3.97. The third-order valence-corrected chi connectivity index (χ3v) is 3.51. The lowest BCUT2D eigenvalue weighted by Gasteiger charge is -2.06. The third-order valence-electron chi connectivity index (χ3n) is 2.38. The van der Waals surface area contributed by atoms with Crippen LogP contribution in [-0.4, -0.2) is 33.7 Å². The maximum Gasteiger partial charge on any atom is 0.234 e. The van der Waals surface area contributed by atoms with Crippen molar-refractivity contribution in [3.8, 4) is 0 Å². The van der Waals surface area contributed by atoms with Crippen LogP contribution in [0.5, 0.6) is 0 Å². The summed E-state index contributed by atoms with van der Waals surface area (Å²) in [5.74, 6) is -0.0796. The van der Waals surface area contributed by atoms with Gasteiger partial charge in [-0.25, -0.2) is 8.42 Å². The zero-order chi connectivity index (χ0) is 13.6. The van der Waals surface area contributed by atoms with Crippen molar-refractivity contribution in [3.05, 3.63) is 29.8 Å². The van der Waals surface area contributed by atoms with Gasteiger partial charge < -0.3 is 10.6 Å². The van der Waals surface area contributed by atoms with Crippen molar-refractivity contribution in [2.45, 2.75) is 18.4 Å². The number of carbonyl (C=O) groups is 1. The average Bonchev–Trinajstić information content (AvgIpc) is 2.33. The van der Waals surface area contributed by atoms with Gasteiger partial charge in [0.05, 0.1) is 11.4 Å². The van der Waals surface area contributed by atoms with Gasteiger partial charge in [-0.3, -0.25) is 4.79 Å². The smallest absolute Gasteiger partial charge is 0.234 e. The van der Waals surface area contributed by atoms with Crippen molar-refractivity contribution in [1.29, 1.82) is 0 Å². The summed E-state index contributed by atoms with van der Waals surface area (Å²) in [5.41, 5.74) is 0.868.